The van der Waals surface area contributed by atoms with Gasteiger partial charge in [-0.3, -0.25) is 4.79 Å². The fraction of sp³-hybridized carbons (Fsp3) is 0.562. The van der Waals surface area contributed by atoms with E-state index in [1.807, 2.05) is 0 Å². The second kappa shape index (κ2) is 11.7. The standard InChI is InChI=1S/C32H42N8O/c1-4-30(41)40-19-18-37(22-26(40)13-15-33)31-27-12-11-24(39-16-7-9-23-8-5-6-10-29(23)39)20-28(27)34-32(35-31)38-17-14-25(21-38)36(2)3/h4-6,8,10,24-26H,1,7,9,11-14,16-22H2,2-3H3/t24-,25?,26+/m1/s1. The lowest BCUT2D eigenvalue weighted by Crippen LogP contribution is -2.55. The van der Waals surface area contributed by atoms with Gasteiger partial charge in [-0.05, 0) is 63.9 Å². The number of fused-ring (bicyclic) bond motifs is 2. The van der Waals surface area contributed by atoms with Gasteiger partial charge in [-0.15, -0.1) is 0 Å². The van der Waals surface area contributed by atoms with E-state index in [9.17, 15) is 10.1 Å². The molecule has 0 saturated carbocycles. The van der Waals surface area contributed by atoms with Crippen molar-refractivity contribution in [1.29, 1.82) is 5.26 Å². The van der Waals surface area contributed by atoms with Crippen LogP contribution in [0, 0.1) is 11.3 Å². The highest BCUT2D eigenvalue weighted by Crippen LogP contribution is 2.37. The average Bonchev–Trinajstić information content (AvgIpc) is 3.51. The van der Waals surface area contributed by atoms with Crippen LogP contribution in [0.4, 0.5) is 17.5 Å². The summed E-state index contributed by atoms with van der Waals surface area (Å²) in [6.45, 7) is 8.48. The Labute approximate surface area is 244 Å². The number of rotatable bonds is 6. The van der Waals surface area contributed by atoms with Gasteiger partial charge in [0.15, 0.2) is 0 Å². The lowest BCUT2D eigenvalue weighted by atomic mass is 9.88. The molecule has 1 aromatic heterocycles. The van der Waals surface area contributed by atoms with Crippen LogP contribution in [0.2, 0.25) is 0 Å². The van der Waals surface area contributed by atoms with Gasteiger partial charge in [0.25, 0.3) is 0 Å². The van der Waals surface area contributed by atoms with Crippen LogP contribution in [-0.2, 0) is 24.1 Å². The first-order valence-corrected chi connectivity index (χ1v) is 15.2. The Morgan fingerprint density at radius 3 is 2.73 bits per heavy atom. The molecule has 2 fully saturated rings. The fourth-order valence-electron chi connectivity index (χ4n) is 7.26. The van der Waals surface area contributed by atoms with Crippen LogP contribution in [0.3, 0.4) is 0 Å². The molecule has 1 unspecified atom stereocenters. The van der Waals surface area contributed by atoms with Crippen LogP contribution in [0.1, 0.15) is 42.5 Å². The molecule has 9 heteroatoms. The second-order valence-electron chi connectivity index (χ2n) is 12.1. The molecule has 0 radical (unpaired) electrons. The van der Waals surface area contributed by atoms with E-state index in [4.69, 9.17) is 9.97 Å². The minimum Gasteiger partial charge on any atom is -0.368 e. The van der Waals surface area contributed by atoms with E-state index >= 15 is 0 Å². The third-order valence-corrected chi connectivity index (χ3v) is 9.55. The largest absolute Gasteiger partial charge is 0.368 e. The number of benzene rings is 1. The molecule has 9 nitrogen and oxygen atoms in total. The number of anilines is 3. The van der Waals surface area contributed by atoms with Crippen LogP contribution >= 0.6 is 0 Å². The molecule has 2 saturated heterocycles. The summed E-state index contributed by atoms with van der Waals surface area (Å²) >= 11 is 0. The molecule has 3 atom stereocenters. The second-order valence-corrected chi connectivity index (χ2v) is 12.1. The monoisotopic (exact) mass is 554 g/mol. The maximum Gasteiger partial charge on any atom is 0.246 e. The molecular formula is C32H42N8O. The van der Waals surface area contributed by atoms with Gasteiger partial charge in [-0.2, -0.15) is 10.2 Å². The van der Waals surface area contributed by atoms with Crippen LogP contribution in [-0.4, -0.2) is 97.2 Å². The highest BCUT2D eigenvalue weighted by molar-refractivity contribution is 5.87. The molecule has 1 aromatic carbocycles. The number of carbonyl (C=O) groups excluding carboxylic acids is 1. The number of amides is 1. The van der Waals surface area contributed by atoms with Crippen LogP contribution < -0.4 is 14.7 Å². The summed E-state index contributed by atoms with van der Waals surface area (Å²) in [7, 11) is 4.29. The number of likely N-dealkylation sites (N-methyl/N-ethyl adjacent to an activating group) is 1. The molecule has 216 valence electrons. The van der Waals surface area contributed by atoms with E-state index in [0.717, 1.165) is 63.5 Å². The van der Waals surface area contributed by atoms with Crippen molar-refractivity contribution in [3.63, 3.8) is 0 Å². The Hall–Kier alpha value is -3.64. The first-order valence-electron chi connectivity index (χ1n) is 15.2. The number of aromatic nitrogens is 2. The summed E-state index contributed by atoms with van der Waals surface area (Å²) in [6.07, 6.45) is 8.01. The lowest BCUT2D eigenvalue weighted by Gasteiger charge is -2.43. The maximum atomic E-state index is 12.6. The van der Waals surface area contributed by atoms with Crippen LogP contribution in [0.25, 0.3) is 0 Å². The van der Waals surface area contributed by atoms with Crippen molar-refractivity contribution in [2.75, 3.05) is 68.1 Å². The zero-order valence-corrected chi connectivity index (χ0v) is 24.5. The summed E-state index contributed by atoms with van der Waals surface area (Å²) in [5.74, 6) is 1.72. The minimum absolute atomic E-state index is 0.105. The molecule has 0 N–H and O–H groups in total. The van der Waals surface area contributed by atoms with Gasteiger partial charge in [0.05, 0.1) is 24.2 Å². The van der Waals surface area contributed by atoms with Crippen LogP contribution in [0.15, 0.2) is 36.9 Å². The fourth-order valence-corrected chi connectivity index (χ4v) is 7.26. The minimum atomic E-state index is -0.181. The molecule has 6 rings (SSSR count). The van der Waals surface area contributed by atoms with Crippen molar-refractivity contribution in [2.45, 2.75) is 63.1 Å². The van der Waals surface area contributed by atoms with Crippen molar-refractivity contribution < 1.29 is 4.79 Å². The number of piperazine rings is 1. The maximum absolute atomic E-state index is 12.6. The molecule has 0 bridgehead atoms. The van der Waals surface area contributed by atoms with Crippen molar-refractivity contribution in [3.8, 4) is 6.07 Å². The first-order chi connectivity index (χ1) is 20.0. The summed E-state index contributed by atoms with van der Waals surface area (Å²) in [6, 6.07) is 11.9. The van der Waals surface area contributed by atoms with Gasteiger partial charge >= 0.3 is 0 Å². The Bertz CT molecular complexity index is 1340. The Kier molecular flexibility index (Phi) is 7.85. The zero-order valence-electron chi connectivity index (χ0n) is 24.5. The quantitative estimate of drug-likeness (QED) is 0.504. The van der Waals surface area contributed by atoms with E-state index in [1.165, 1.54) is 35.0 Å². The SMILES string of the molecule is C=CC(=O)N1CCN(c2nc(N3CCC(N(C)C)C3)nc3c2CC[C@@H](N2CCCc4ccccc42)C3)C[C@@H]1CC#N. The molecule has 4 aliphatic rings. The number of hydrogen-bond acceptors (Lipinski definition) is 8. The predicted molar refractivity (Wildman–Crippen MR) is 162 cm³/mol. The van der Waals surface area contributed by atoms with Gasteiger partial charge in [0.2, 0.25) is 11.9 Å². The molecule has 1 amide bonds. The Balaban J connectivity index is 1.33. The van der Waals surface area contributed by atoms with Gasteiger partial charge in [0.1, 0.15) is 5.82 Å². The zero-order chi connectivity index (χ0) is 28.5. The summed E-state index contributed by atoms with van der Waals surface area (Å²) in [4.78, 5) is 34.5. The highest BCUT2D eigenvalue weighted by Gasteiger charge is 2.36. The Morgan fingerprint density at radius 1 is 1.10 bits per heavy atom. The normalized spacial score (nSPS) is 24.2. The third kappa shape index (κ3) is 5.38. The third-order valence-electron chi connectivity index (χ3n) is 9.55. The van der Waals surface area contributed by atoms with E-state index < -0.39 is 0 Å². The van der Waals surface area contributed by atoms with Crippen molar-refractivity contribution >= 4 is 23.4 Å². The van der Waals surface area contributed by atoms with E-state index in [2.05, 4.69) is 70.6 Å². The predicted octanol–water partition coefficient (Wildman–Crippen LogP) is 3.04. The molecule has 3 aliphatic heterocycles. The van der Waals surface area contributed by atoms with Gasteiger partial charge in [0, 0.05) is 69.0 Å². The van der Waals surface area contributed by atoms with Crippen molar-refractivity contribution in [2.24, 2.45) is 0 Å². The Morgan fingerprint density at radius 2 is 1.95 bits per heavy atom. The summed E-state index contributed by atoms with van der Waals surface area (Å²) in [5.41, 5.74) is 5.25. The van der Waals surface area contributed by atoms with Crippen LogP contribution in [0.5, 0.6) is 0 Å². The summed E-state index contributed by atoms with van der Waals surface area (Å²) in [5, 5.41) is 9.55. The topological polar surface area (TPSA) is 82.8 Å². The van der Waals surface area contributed by atoms with E-state index in [-0.39, 0.29) is 11.9 Å². The number of aryl methyl sites for hydroxylation is 1. The van der Waals surface area contributed by atoms with Gasteiger partial charge < -0.3 is 24.5 Å². The summed E-state index contributed by atoms with van der Waals surface area (Å²) < 4.78 is 0. The van der Waals surface area contributed by atoms with Crippen molar-refractivity contribution in [1.82, 2.24) is 19.8 Å². The smallest absolute Gasteiger partial charge is 0.246 e. The lowest BCUT2D eigenvalue weighted by molar-refractivity contribution is -0.128. The van der Waals surface area contributed by atoms with Gasteiger partial charge in [-0.25, -0.2) is 4.98 Å². The number of hydrogen-bond donors (Lipinski definition) is 0. The highest BCUT2D eigenvalue weighted by atomic mass is 16.2. The molecule has 2 aromatic rings. The van der Waals surface area contributed by atoms with E-state index in [1.54, 1.807) is 4.90 Å². The molecular weight excluding hydrogens is 512 g/mol. The number of nitrogens with zero attached hydrogens (tertiary/aromatic N) is 8. The molecule has 0 spiro atoms. The molecule has 4 heterocycles. The number of para-hydroxylation sites is 1. The molecule has 41 heavy (non-hydrogen) atoms. The molecule has 1 aliphatic carbocycles. The first kappa shape index (κ1) is 27.5. The van der Waals surface area contributed by atoms with Crippen molar-refractivity contribution in [3.05, 3.63) is 53.7 Å². The average molecular weight is 555 g/mol. The number of nitriles is 1. The van der Waals surface area contributed by atoms with E-state index in [0.29, 0.717) is 38.1 Å². The number of carbonyl (C=O) groups is 1. The van der Waals surface area contributed by atoms with Gasteiger partial charge in [-0.1, -0.05) is 24.8 Å².